The van der Waals surface area contributed by atoms with Gasteiger partial charge in [-0.1, -0.05) is 0 Å². The van der Waals surface area contributed by atoms with E-state index in [0.29, 0.717) is 0 Å². The third-order valence-electron chi connectivity index (χ3n) is 6.05. The predicted molar refractivity (Wildman–Crippen MR) is 104 cm³/mol. The van der Waals surface area contributed by atoms with E-state index in [1.807, 2.05) is 11.3 Å². The average Bonchev–Trinajstić information content (AvgIpc) is 3.37. The van der Waals surface area contributed by atoms with Gasteiger partial charge in [-0.15, -0.1) is 11.3 Å². The van der Waals surface area contributed by atoms with Crippen molar-refractivity contribution in [2.24, 2.45) is 5.73 Å². The molecule has 2 aromatic rings. The van der Waals surface area contributed by atoms with Crippen LogP contribution in [0.15, 0.2) is 0 Å². The van der Waals surface area contributed by atoms with Gasteiger partial charge >= 0.3 is 0 Å². The Bertz CT molecular complexity index is 877. The third kappa shape index (κ3) is 3.09. The number of nitrogens with one attached hydrogen (secondary N) is 1. The van der Waals surface area contributed by atoms with Gasteiger partial charge in [-0.25, -0.2) is 9.97 Å². The molecule has 1 aliphatic carbocycles. The van der Waals surface area contributed by atoms with Crippen LogP contribution in [0.5, 0.6) is 0 Å². The maximum Gasteiger partial charge on any atom is 0.240 e. The van der Waals surface area contributed by atoms with Crippen molar-refractivity contribution in [1.29, 1.82) is 0 Å². The standard InChI is InChI=1S/C19H25N5O2S/c20-17(25)13-4-2-6-24(13)18-16-12-3-1-5-14(12)27-19(16)22-15(21-18)11-23-7-9-26-10-8-23/h13H,1-11H2,(H2,20,25)/p+1/t13-/m1/s1. The summed E-state index contributed by atoms with van der Waals surface area (Å²) >= 11 is 1.82. The van der Waals surface area contributed by atoms with Gasteiger partial charge in [0, 0.05) is 11.4 Å². The molecular formula is C19H26N5O2S+. The summed E-state index contributed by atoms with van der Waals surface area (Å²) in [5.41, 5.74) is 7.11. The van der Waals surface area contributed by atoms with Crippen LogP contribution in [0.2, 0.25) is 0 Å². The molecule has 2 aromatic heterocycles. The molecule has 3 aliphatic rings. The van der Waals surface area contributed by atoms with Crippen molar-refractivity contribution < 1.29 is 14.4 Å². The van der Waals surface area contributed by atoms with Crippen molar-refractivity contribution >= 4 is 33.3 Å². The van der Waals surface area contributed by atoms with Crippen LogP contribution >= 0.6 is 11.3 Å². The molecule has 1 amide bonds. The van der Waals surface area contributed by atoms with Gasteiger partial charge in [-0.3, -0.25) is 4.79 Å². The smallest absolute Gasteiger partial charge is 0.240 e. The summed E-state index contributed by atoms with van der Waals surface area (Å²) in [7, 11) is 0. The van der Waals surface area contributed by atoms with Gasteiger partial charge in [0.15, 0.2) is 5.82 Å². The number of fused-ring (bicyclic) bond motifs is 3. The minimum absolute atomic E-state index is 0.244. The Morgan fingerprint density at radius 3 is 2.93 bits per heavy atom. The number of carbonyl (C=O) groups is 1. The Labute approximate surface area is 162 Å². The fourth-order valence-corrected chi connectivity index (χ4v) is 5.96. The van der Waals surface area contributed by atoms with Crippen molar-refractivity contribution in [2.75, 3.05) is 37.7 Å². The number of morpholine rings is 1. The van der Waals surface area contributed by atoms with Gasteiger partial charge in [0.25, 0.3) is 0 Å². The van der Waals surface area contributed by atoms with Crippen LogP contribution in [0.4, 0.5) is 5.82 Å². The minimum Gasteiger partial charge on any atom is -0.370 e. The number of hydrogen-bond donors (Lipinski definition) is 2. The molecule has 2 fully saturated rings. The summed E-state index contributed by atoms with van der Waals surface area (Å²) in [4.78, 5) is 28.1. The van der Waals surface area contributed by atoms with Crippen molar-refractivity contribution in [3.63, 3.8) is 0 Å². The van der Waals surface area contributed by atoms with E-state index in [-0.39, 0.29) is 11.9 Å². The quantitative estimate of drug-likeness (QED) is 0.773. The summed E-state index contributed by atoms with van der Waals surface area (Å²) in [5, 5.41) is 1.18. The second kappa shape index (κ2) is 7.00. The van der Waals surface area contributed by atoms with E-state index >= 15 is 0 Å². The summed E-state index contributed by atoms with van der Waals surface area (Å²) in [6, 6.07) is -0.247. The second-order valence-electron chi connectivity index (χ2n) is 7.79. The number of nitrogens with two attached hydrogens (primary N) is 1. The van der Waals surface area contributed by atoms with E-state index in [4.69, 9.17) is 20.4 Å². The van der Waals surface area contributed by atoms with Crippen LogP contribution in [0.1, 0.15) is 35.5 Å². The first kappa shape index (κ1) is 17.3. The summed E-state index contributed by atoms with van der Waals surface area (Å²) in [6.07, 6.45) is 5.23. The number of primary amides is 1. The molecule has 0 aromatic carbocycles. The lowest BCUT2D eigenvalue weighted by Gasteiger charge is -2.26. The van der Waals surface area contributed by atoms with Crippen LogP contribution in [-0.2, 0) is 28.9 Å². The molecule has 0 bridgehead atoms. The molecule has 5 rings (SSSR count). The van der Waals surface area contributed by atoms with Crippen LogP contribution in [0.25, 0.3) is 10.2 Å². The largest absolute Gasteiger partial charge is 0.370 e. The molecule has 144 valence electrons. The molecule has 0 unspecified atom stereocenters. The molecule has 0 radical (unpaired) electrons. The van der Waals surface area contributed by atoms with Gasteiger partial charge in [-0.05, 0) is 37.7 Å². The number of ether oxygens (including phenoxy) is 1. The molecule has 0 saturated carbocycles. The molecule has 27 heavy (non-hydrogen) atoms. The first-order valence-electron chi connectivity index (χ1n) is 9.99. The fraction of sp³-hybridized carbons (Fsp3) is 0.632. The zero-order valence-corrected chi connectivity index (χ0v) is 16.3. The molecule has 3 N–H and O–H groups in total. The Hall–Kier alpha value is -1.77. The molecule has 2 saturated heterocycles. The zero-order valence-electron chi connectivity index (χ0n) is 15.5. The van der Waals surface area contributed by atoms with Crippen LogP contribution < -0.4 is 15.5 Å². The summed E-state index contributed by atoms with van der Waals surface area (Å²) < 4.78 is 5.48. The molecule has 8 heteroatoms. The van der Waals surface area contributed by atoms with Crippen molar-refractivity contribution in [3.8, 4) is 0 Å². The van der Waals surface area contributed by atoms with Gasteiger partial charge in [0.1, 0.15) is 36.3 Å². The monoisotopic (exact) mass is 388 g/mol. The number of anilines is 1. The minimum atomic E-state index is -0.247. The lowest BCUT2D eigenvalue weighted by atomic mass is 10.1. The Kier molecular flexibility index (Phi) is 4.49. The number of amides is 1. The van der Waals surface area contributed by atoms with Crippen molar-refractivity contribution in [1.82, 2.24) is 9.97 Å². The molecule has 2 aliphatic heterocycles. The predicted octanol–water partition coefficient (Wildman–Crippen LogP) is 0.0492. The van der Waals surface area contributed by atoms with Gasteiger partial charge in [-0.2, -0.15) is 0 Å². The highest BCUT2D eigenvalue weighted by Crippen LogP contribution is 2.41. The van der Waals surface area contributed by atoms with Crippen molar-refractivity contribution in [3.05, 3.63) is 16.3 Å². The first-order valence-corrected chi connectivity index (χ1v) is 10.8. The van der Waals surface area contributed by atoms with Crippen molar-refractivity contribution in [2.45, 2.75) is 44.7 Å². The van der Waals surface area contributed by atoms with E-state index in [1.165, 1.54) is 27.1 Å². The number of nitrogens with zero attached hydrogens (tertiary/aromatic N) is 3. The van der Waals surface area contributed by atoms with E-state index in [1.54, 1.807) is 0 Å². The van der Waals surface area contributed by atoms with Crippen LogP contribution in [0.3, 0.4) is 0 Å². The number of quaternary nitrogens is 1. The number of aromatic nitrogens is 2. The number of carbonyl (C=O) groups excluding carboxylic acids is 1. The highest BCUT2D eigenvalue weighted by molar-refractivity contribution is 7.19. The van der Waals surface area contributed by atoms with Gasteiger partial charge in [0.2, 0.25) is 5.91 Å². The van der Waals surface area contributed by atoms with Gasteiger partial charge < -0.3 is 20.3 Å². The zero-order chi connectivity index (χ0) is 18.4. The van der Waals surface area contributed by atoms with Crippen LogP contribution in [-0.4, -0.2) is 54.8 Å². The second-order valence-corrected chi connectivity index (χ2v) is 8.88. The van der Waals surface area contributed by atoms with E-state index in [9.17, 15) is 4.79 Å². The highest BCUT2D eigenvalue weighted by atomic mass is 32.1. The average molecular weight is 389 g/mol. The highest BCUT2D eigenvalue weighted by Gasteiger charge is 2.34. The lowest BCUT2D eigenvalue weighted by molar-refractivity contribution is -0.922. The Balaban J connectivity index is 1.58. The Morgan fingerprint density at radius 1 is 1.26 bits per heavy atom. The fourth-order valence-electron chi connectivity index (χ4n) is 4.68. The molecule has 4 heterocycles. The van der Waals surface area contributed by atoms with E-state index < -0.39 is 0 Å². The number of aryl methyl sites for hydroxylation is 2. The topological polar surface area (TPSA) is 85.8 Å². The van der Waals surface area contributed by atoms with E-state index in [0.717, 1.165) is 81.5 Å². The third-order valence-corrected chi connectivity index (χ3v) is 7.24. The lowest BCUT2D eigenvalue weighted by Crippen LogP contribution is -3.12. The Morgan fingerprint density at radius 2 is 2.11 bits per heavy atom. The van der Waals surface area contributed by atoms with E-state index in [2.05, 4.69) is 4.90 Å². The summed E-state index contributed by atoms with van der Waals surface area (Å²) in [5.74, 6) is 1.58. The maximum absolute atomic E-state index is 12.0. The maximum atomic E-state index is 12.0. The number of hydrogen-bond acceptors (Lipinski definition) is 6. The van der Waals surface area contributed by atoms with Gasteiger partial charge in [0.05, 0.1) is 18.6 Å². The molecule has 1 atom stereocenters. The molecule has 7 nitrogen and oxygen atoms in total. The SMILES string of the molecule is NC(=O)[C@H]1CCCN1c1nc(C[NH+]2CCOCC2)nc2sc3c(c12)CCC3. The van der Waals surface area contributed by atoms with Crippen LogP contribution in [0, 0.1) is 0 Å². The first-order chi connectivity index (χ1) is 13.2. The molecular weight excluding hydrogens is 362 g/mol. The normalized spacial score (nSPS) is 23.3. The number of thiophene rings is 1. The molecule has 0 spiro atoms. The number of rotatable bonds is 4. The summed E-state index contributed by atoms with van der Waals surface area (Å²) in [6.45, 7) is 5.23.